The summed E-state index contributed by atoms with van der Waals surface area (Å²) in [5, 5.41) is 11.8. The molecule has 1 aromatic rings. The summed E-state index contributed by atoms with van der Waals surface area (Å²) in [6.07, 6.45) is -1.94. The highest BCUT2D eigenvalue weighted by Gasteiger charge is 2.53. The molecule has 1 fully saturated rings. The smallest absolute Gasteiger partial charge is 0.308 e. The first-order chi connectivity index (χ1) is 21.8. The standard InChI is InChI=1S/C36H62O9SSi2/c1-26-31(25-32(37)42-10)43-36(38,27(2)33(26)45-48(13,14)35(6,7)8)23-18-21-29(41-9)30(44-47(11,12)34(3,4)5)22-24-46(39,40)28-19-16-15-17-20-28/h15-17,19-20,26-27,29-31,33,38H,21-22,24-25H2,1-14H3/t26-,27+,29-,30-,31+,33-,36?/m0/s1. The van der Waals surface area contributed by atoms with Crippen LogP contribution in [0.1, 0.15) is 74.7 Å². The van der Waals surface area contributed by atoms with Crippen molar-refractivity contribution in [3.8, 4) is 11.8 Å². The summed E-state index contributed by atoms with van der Waals surface area (Å²) >= 11 is 0. The highest BCUT2D eigenvalue weighted by Crippen LogP contribution is 2.45. The van der Waals surface area contributed by atoms with Gasteiger partial charge in [-0.05, 0) is 60.7 Å². The van der Waals surface area contributed by atoms with Crippen molar-refractivity contribution in [2.45, 2.75) is 146 Å². The molecule has 274 valence electrons. The van der Waals surface area contributed by atoms with E-state index in [0.717, 1.165) is 0 Å². The van der Waals surface area contributed by atoms with Gasteiger partial charge in [-0.1, -0.05) is 79.5 Å². The average Bonchev–Trinajstić information content (AvgIpc) is 2.98. The number of sulfone groups is 1. The molecule has 1 N–H and O–H groups in total. The van der Waals surface area contributed by atoms with Gasteiger partial charge < -0.3 is 28.2 Å². The van der Waals surface area contributed by atoms with Gasteiger partial charge in [-0.2, -0.15) is 0 Å². The van der Waals surface area contributed by atoms with Gasteiger partial charge in [-0.15, -0.1) is 0 Å². The molecule has 1 aromatic carbocycles. The van der Waals surface area contributed by atoms with Gasteiger partial charge in [0, 0.05) is 25.4 Å². The summed E-state index contributed by atoms with van der Waals surface area (Å²) in [6, 6.07) is 8.40. The fraction of sp³-hybridized carbons (Fsp3) is 0.750. The van der Waals surface area contributed by atoms with Crippen molar-refractivity contribution in [2.75, 3.05) is 20.0 Å². The molecule has 0 spiro atoms. The predicted molar refractivity (Wildman–Crippen MR) is 195 cm³/mol. The van der Waals surface area contributed by atoms with Crippen LogP contribution in [0.5, 0.6) is 0 Å². The largest absolute Gasteiger partial charge is 0.469 e. The summed E-state index contributed by atoms with van der Waals surface area (Å²) in [7, 11) is -5.32. The van der Waals surface area contributed by atoms with Gasteiger partial charge in [0.05, 0.1) is 48.6 Å². The van der Waals surface area contributed by atoms with Crippen LogP contribution in [-0.4, -0.2) is 86.3 Å². The van der Waals surface area contributed by atoms with Gasteiger partial charge in [0.1, 0.15) is 0 Å². The van der Waals surface area contributed by atoms with Crippen LogP contribution in [0.3, 0.4) is 0 Å². The number of hydrogen-bond donors (Lipinski definition) is 1. The Morgan fingerprint density at radius 2 is 1.54 bits per heavy atom. The van der Waals surface area contributed by atoms with Crippen LogP contribution in [0.25, 0.3) is 0 Å². The van der Waals surface area contributed by atoms with Gasteiger partial charge in [0.15, 0.2) is 26.5 Å². The van der Waals surface area contributed by atoms with Crippen molar-refractivity contribution in [1.29, 1.82) is 0 Å². The number of carbonyl (C=O) groups is 1. The first-order valence-electron chi connectivity index (χ1n) is 16.9. The van der Waals surface area contributed by atoms with E-state index in [2.05, 4.69) is 79.6 Å². The van der Waals surface area contributed by atoms with E-state index >= 15 is 0 Å². The lowest BCUT2D eigenvalue weighted by atomic mass is 9.80. The van der Waals surface area contributed by atoms with Gasteiger partial charge >= 0.3 is 5.97 Å². The van der Waals surface area contributed by atoms with E-state index in [9.17, 15) is 18.3 Å². The quantitative estimate of drug-likeness (QED) is 0.131. The van der Waals surface area contributed by atoms with Gasteiger partial charge in [-0.3, -0.25) is 4.79 Å². The molecule has 48 heavy (non-hydrogen) atoms. The maximum atomic E-state index is 13.3. The molecule has 1 aliphatic rings. The summed E-state index contributed by atoms with van der Waals surface area (Å²) < 4.78 is 57.2. The zero-order valence-corrected chi connectivity index (χ0v) is 34.6. The highest BCUT2D eigenvalue weighted by molar-refractivity contribution is 7.91. The lowest BCUT2D eigenvalue weighted by molar-refractivity contribution is -0.283. The molecule has 0 amide bonds. The maximum Gasteiger partial charge on any atom is 0.308 e. The third kappa shape index (κ3) is 10.7. The van der Waals surface area contributed by atoms with E-state index < -0.39 is 68.6 Å². The average molecular weight is 727 g/mol. The zero-order valence-electron chi connectivity index (χ0n) is 31.8. The van der Waals surface area contributed by atoms with E-state index in [1.54, 1.807) is 37.4 Å². The Balaban J connectivity index is 2.45. The Morgan fingerprint density at radius 3 is 2.04 bits per heavy atom. The van der Waals surface area contributed by atoms with E-state index in [1.165, 1.54) is 7.11 Å². The predicted octanol–water partition coefficient (Wildman–Crippen LogP) is 6.96. The minimum atomic E-state index is -3.56. The topological polar surface area (TPSA) is 118 Å². The summed E-state index contributed by atoms with van der Waals surface area (Å²) in [6.45, 7) is 25.3. The molecule has 1 aliphatic heterocycles. The second-order valence-electron chi connectivity index (χ2n) is 16.2. The summed E-state index contributed by atoms with van der Waals surface area (Å²) in [5.74, 6) is 2.85. The van der Waals surface area contributed by atoms with Crippen molar-refractivity contribution in [1.82, 2.24) is 0 Å². The molecule has 0 bridgehead atoms. The zero-order chi connectivity index (χ0) is 36.9. The minimum absolute atomic E-state index is 0.0508. The molecule has 1 unspecified atom stereocenters. The molecule has 1 saturated heterocycles. The number of esters is 1. The molecule has 0 saturated carbocycles. The highest BCUT2D eigenvalue weighted by atomic mass is 32.2. The lowest BCUT2D eigenvalue weighted by Crippen LogP contribution is -2.60. The molecule has 0 aliphatic carbocycles. The molecule has 0 aromatic heterocycles. The first kappa shape index (κ1) is 42.6. The van der Waals surface area contributed by atoms with Crippen molar-refractivity contribution in [3.05, 3.63) is 30.3 Å². The molecule has 7 atom stereocenters. The normalized spacial score (nSPS) is 25.5. The molecule has 2 rings (SSSR count). The maximum absolute atomic E-state index is 13.3. The van der Waals surface area contributed by atoms with E-state index in [0.29, 0.717) is 0 Å². The second kappa shape index (κ2) is 16.2. The van der Waals surface area contributed by atoms with Crippen LogP contribution in [-0.2, 0) is 37.7 Å². The molecular weight excluding hydrogens is 665 g/mol. The minimum Gasteiger partial charge on any atom is -0.469 e. The number of benzene rings is 1. The van der Waals surface area contributed by atoms with Crippen LogP contribution in [0.15, 0.2) is 35.2 Å². The number of hydrogen-bond acceptors (Lipinski definition) is 9. The van der Waals surface area contributed by atoms with Crippen LogP contribution in [0.4, 0.5) is 0 Å². The van der Waals surface area contributed by atoms with Crippen molar-refractivity contribution >= 4 is 32.4 Å². The molecule has 0 radical (unpaired) electrons. The molecule has 9 nitrogen and oxygen atoms in total. The number of carbonyl (C=O) groups excluding carboxylic acids is 1. The van der Waals surface area contributed by atoms with Crippen LogP contribution in [0, 0.1) is 23.7 Å². The fourth-order valence-electron chi connectivity index (χ4n) is 5.22. The number of ether oxygens (including phenoxy) is 3. The van der Waals surface area contributed by atoms with Crippen LogP contribution < -0.4 is 0 Å². The van der Waals surface area contributed by atoms with Gasteiger partial charge in [0.2, 0.25) is 5.79 Å². The van der Waals surface area contributed by atoms with Crippen molar-refractivity contribution in [2.24, 2.45) is 11.8 Å². The number of rotatable bonds is 13. The van der Waals surface area contributed by atoms with Crippen LogP contribution in [0.2, 0.25) is 36.3 Å². The molecule has 1 heterocycles. The number of methoxy groups -OCH3 is 2. The SMILES string of the molecule is COC(=O)C[C@H]1OC(O)(C#CC[C@H](OC)[C@H](CCS(=O)(=O)c2ccccc2)O[Si](C)(C)C(C)(C)C)[C@H](C)[C@@H](O[Si](C)(C)C(C)(C)C)[C@H]1C. The summed E-state index contributed by atoms with van der Waals surface area (Å²) in [4.78, 5) is 12.6. The Hall–Kier alpha value is -1.57. The Labute approximate surface area is 293 Å². The van der Waals surface area contributed by atoms with E-state index in [4.69, 9.17) is 23.1 Å². The lowest BCUT2D eigenvalue weighted by Gasteiger charge is -2.50. The van der Waals surface area contributed by atoms with E-state index in [-0.39, 0.29) is 45.9 Å². The molecular formula is C36H62O9SSi2. The van der Waals surface area contributed by atoms with Gasteiger partial charge in [-0.25, -0.2) is 8.42 Å². The Morgan fingerprint density at radius 1 is 0.979 bits per heavy atom. The first-order valence-corrected chi connectivity index (χ1v) is 24.4. The Kier molecular flexibility index (Phi) is 14.4. The number of aliphatic hydroxyl groups is 1. The second-order valence-corrected chi connectivity index (χ2v) is 27.9. The fourth-order valence-corrected chi connectivity index (χ4v) is 9.40. The third-order valence-corrected chi connectivity index (χ3v) is 21.4. The van der Waals surface area contributed by atoms with Crippen molar-refractivity contribution in [3.63, 3.8) is 0 Å². The van der Waals surface area contributed by atoms with Gasteiger partial charge in [0.25, 0.3) is 0 Å². The third-order valence-electron chi connectivity index (χ3n) is 10.7. The molecule has 12 heteroatoms. The van der Waals surface area contributed by atoms with E-state index in [1.807, 2.05) is 13.8 Å². The monoisotopic (exact) mass is 726 g/mol. The van der Waals surface area contributed by atoms with Crippen molar-refractivity contribution < 1.29 is 41.4 Å². The summed E-state index contributed by atoms with van der Waals surface area (Å²) in [5.41, 5.74) is 0. The Bertz CT molecular complexity index is 1370. The van der Waals surface area contributed by atoms with Crippen LogP contribution >= 0.6 is 0 Å².